The zero-order valence-electron chi connectivity index (χ0n) is 13.5. The molecule has 1 aliphatic carbocycles. The summed E-state index contributed by atoms with van der Waals surface area (Å²) in [6.07, 6.45) is 4.67. The first-order chi connectivity index (χ1) is 10.6. The lowest BCUT2D eigenvalue weighted by Gasteiger charge is -2.26. The molecule has 1 unspecified atom stereocenters. The molecule has 4 heteroatoms. The summed E-state index contributed by atoms with van der Waals surface area (Å²) < 4.78 is 11.3. The highest BCUT2D eigenvalue weighted by Crippen LogP contribution is 2.30. The zero-order valence-corrected chi connectivity index (χ0v) is 13.5. The van der Waals surface area contributed by atoms with Crippen LogP contribution in [0.2, 0.25) is 0 Å². The molecule has 4 nitrogen and oxygen atoms in total. The topological polar surface area (TPSA) is 38.8 Å². The summed E-state index contributed by atoms with van der Waals surface area (Å²) in [7, 11) is 0. The SMILES string of the molecule is CC(C)N(C(=O)c1ccc(OCC2CCCO2)cc1)C1CC1. The van der Waals surface area contributed by atoms with Crippen molar-refractivity contribution in [3.05, 3.63) is 29.8 Å². The van der Waals surface area contributed by atoms with Gasteiger partial charge in [0.05, 0.1) is 6.10 Å². The van der Waals surface area contributed by atoms with Crippen LogP contribution in [0.4, 0.5) is 0 Å². The smallest absolute Gasteiger partial charge is 0.254 e. The number of ether oxygens (including phenoxy) is 2. The highest BCUT2D eigenvalue weighted by Gasteiger charge is 2.34. The van der Waals surface area contributed by atoms with E-state index in [1.807, 2.05) is 29.2 Å². The van der Waals surface area contributed by atoms with E-state index in [2.05, 4.69) is 13.8 Å². The van der Waals surface area contributed by atoms with Gasteiger partial charge in [0.25, 0.3) is 5.91 Å². The first-order valence-corrected chi connectivity index (χ1v) is 8.32. The largest absolute Gasteiger partial charge is 0.491 e. The summed E-state index contributed by atoms with van der Waals surface area (Å²) in [5.41, 5.74) is 0.741. The van der Waals surface area contributed by atoms with Crippen LogP contribution in [0.5, 0.6) is 5.75 Å². The lowest BCUT2D eigenvalue weighted by Crippen LogP contribution is -2.38. The van der Waals surface area contributed by atoms with Crippen LogP contribution in [-0.2, 0) is 4.74 Å². The molecule has 0 spiro atoms. The van der Waals surface area contributed by atoms with Crippen LogP contribution in [0.25, 0.3) is 0 Å². The third-order valence-corrected chi connectivity index (χ3v) is 4.29. The summed E-state index contributed by atoms with van der Waals surface area (Å²) in [4.78, 5) is 14.6. The van der Waals surface area contributed by atoms with E-state index >= 15 is 0 Å². The van der Waals surface area contributed by atoms with Gasteiger partial charge in [0.2, 0.25) is 0 Å². The third kappa shape index (κ3) is 3.61. The summed E-state index contributed by atoms with van der Waals surface area (Å²) in [6.45, 7) is 5.59. The van der Waals surface area contributed by atoms with Crippen LogP contribution in [0.15, 0.2) is 24.3 Å². The fourth-order valence-corrected chi connectivity index (χ4v) is 2.98. The highest BCUT2D eigenvalue weighted by atomic mass is 16.5. The predicted molar refractivity (Wildman–Crippen MR) is 85.2 cm³/mol. The second-order valence-electron chi connectivity index (χ2n) is 6.51. The molecule has 0 N–H and O–H groups in total. The van der Waals surface area contributed by atoms with Crippen molar-refractivity contribution >= 4 is 5.91 Å². The molecule has 1 heterocycles. The molecule has 3 rings (SSSR count). The van der Waals surface area contributed by atoms with Gasteiger partial charge in [-0.1, -0.05) is 0 Å². The molecule has 0 aromatic heterocycles. The van der Waals surface area contributed by atoms with E-state index in [0.717, 1.165) is 43.6 Å². The van der Waals surface area contributed by atoms with E-state index in [1.54, 1.807) is 0 Å². The Balaban J connectivity index is 1.59. The van der Waals surface area contributed by atoms with E-state index < -0.39 is 0 Å². The van der Waals surface area contributed by atoms with Gasteiger partial charge in [0.1, 0.15) is 12.4 Å². The molecule has 1 saturated heterocycles. The molecule has 1 saturated carbocycles. The van der Waals surface area contributed by atoms with Gasteiger partial charge in [0.15, 0.2) is 0 Å². The maximum Gasteiger partial charge on any atom is 0.254 e. The Bertz CT molecular complexity index is 500. The van der Waals surface area contributed by atoms with Crippen LogP contribution >= 0.6 is 0 Å². The Morgan fingerprint density at radius 3 is 2.55 bits per heavy atom. The van der Waals surface area contributed by atoms with Crippen LogP contribution < -0.4 is 4.74 Å². The third-order valence-electron chi connectivity index (χ3n) is 4.29. The lowest BCUT2D eigenvalue weighted by molar-refractivity contribution is 0.0674. The van der Waals surface area contributed by atoms with Gasteiger partial charge in [-0.15, -0.1) is 0 Å². The highest BCUT2D eigenvalue weighted by molar-refractivity contribution is 5.95. The first-order valence-electron chi connectivity index (χ1n) is 8.32. The summed E-state index contributed by atoms with van der Waals surface area (Å²) in [5, 5.41) is 0. The number of amides is 1. The van der Waals surface area contributed by atoms with E-state index in [-0.39, 0.29) is 18.1 Å². The Hall–Kier alpha value is -1.55. The predicted octanol–water partition coefficient (Wildman–Crippen LogP) is 3.26. The van der Waals surface area contributed by atoms with Gasteiger partial charge in [-0.3, -0.25) is 4.79 Å². The van der Waals surface area contributed by atoms with Crippen LogP contribution in [0.1, 0.15) is 49.9 Å². The van der Waals surface area contributed by atoms with Crippen molar-refractivity contribution in [2.24, 2.45) is 0 Å². The molecule has 120 valence electrons. The summed E-state index contributed by atoms with van der Waals surface area (Å²) in [5.74, 6) is 0.928. The van der Waals surface area contributed by atoms with Gasteiger partial charge < -0.3 is 14.4 Å². The molecule has 0 bridgehead atoms. The van der Waals surface area contributed by atoms with Crippen LogP contribution in [-0.4, -0.2) is 42.2 Å². The molecule has 1 aliphatic heterocycles. The molecule has 1 aromatic rings. The van der Waals surface area contributed by atoms with E-state index in [0.29, 0.717) is 12.6 Å². The zero-order chi connectivity index (χ0) is 15.5. The van der Waals surface area contributed by atoms with Gasteiger partial charge in [-0.2, -0.15) is 0 Å². The minimum Gasteiger partial charge on any atom is -0.491 e. The Morgan fingerprint density at radius 2 is 2.00 bits per heavy atom. The van der Waals surface area contributed by atoms with Crippen molar-refractivity contribution < 1.29 is 14.3 Å². The molecular weight excluding hydrogens is 278 g/mol. The van der Waals surface area contributed by atoms with Crippen molar-refractivity contribution in [2.75, 3.05) is 13.2 Å². The van der Waals surface area contributed by atoms with Gasteiger partial charge in [-0.25, -0.2) is 0 Å². The van der Waals surface area contributed by atoms with Crippen molar-refractivity contribution in [3.8, 4) is 5.75 Å². The molecule has 1 amide bonds. The van der Waals surface area contributed by atoms with Crippen molar-refractivity contribution in [1.82, 2.24) is 4.90 Å². The molecule has 2 fully saturated rings. The number of carbonyl (C=O) groups excluding carboxylic acids is 1. The normalized spacial score (nSPS) is 21.1. The molecule has 2 aliphatic rings. The average Bonchev–Trinajstić information content (AvgIpc) is 3.19. The minimum atomic E-state index is 0.128. The van der Waals surface area contributed by atoms with Crippen LogP contribution in [0.3, 0.4) is 0 Å². The quantitative estimate of drug-likeness (QED) is 0.809. The van der Waals surface area contributed by atoms with Gasteiger partial charge in [-0.05, 0) is 63.8 Å². The fraction of sp³-hybridized carbons (Fsp3) is 0.611. The minimum absolute atomic E-state index is 0.128. The Kier molecular flexibility index (Phi) is 4.67. The maximum absolute atomic E-state index is 12.6. The monoisotopic (exact) mass is 303 g/mol. The molecular formula is C18H25NO3. The Morgan fingerprint density at radius 1 is 1.27 bits per heavy atom. The molecule has 0 radical (unpaired) electrons. The van der Waals surface area contributed by atoms with Crippen molar-refractivity contribution in [3.63, 3.8) is 0 Å². The second kappa shape index (κ2) is 6.69. The summed E-state index contributed by atoms with van der Waals surface area (Å²) >= 11 is 0. The number of nitrogens with zero attached hydrogens (tertiary/aromatic N) is 1. The average molecular weight is 303 g/mol. The number of carbonyl (C=O) groups is 1. The van der Waals surface area contributed by atoms with Crippen LogP contribution in [0, 0.1) is 0 Å². The number of rotatable bonds is 6. The fourth-order valence-electron chi connectivity index (χ4n) is 2.98. The van der Waals surface area contributed by atoms with Gasteiger partial charge >= 0.3 is 0 Å². The van der Waals surface area contributed by atoms with E-state index in [9.17, 15) is 4.79 Å². The number of hydrogen-bond acceptors (Lipinski definition) is 3. The summed E-state index contributed by atoms with van der Waals surface area (Å²) in [6, 6.07) is 8.18. The van der Waals surface area contributed by atoms with Crippen molar-refractivity contribution in [2.45, 2.75) is 57.7 Å². The Labute approximate surface area is 132 Å². The first kappa shape index (κ1) is 15.3. The van der Waals surface area contributed by atoms with E-state index in [1.165, 1.54) is 0 Å². The van der Waals surface area contributed by atoms with E-state index in [4.69, 9.17) is 9.47 Å². The number of benzene rings is 1. The van der Waals surface area contributed by atoms with Gasteiger partial charge in [0, 0.05) is 24.3 Å². The lowest BCUT2D eigenvalue weighted by atomic mass is 10.1. The number of hydrogen-bond donors (Lipinski definition) is 0. The standard InChI is InChI=1S/C18H25NO3/c1-13(2)19(15-7-8-15)18(20)14-5-9-16(10-6-14)22-12-17-4-3-11-21-17/h5-6,9-10,13,15,17H,3-4,7-8,11-12H2,1-2H3. The molecule has 1 atom stereocenters. The maximum atomic E-state index is 12.6. The second-order valence-corrected chi connectivity index (χ2v) is 6.51. The molecule has 1 aromatic carbocycles. The van der Waals surface area contributed by atoms with Crippen molar-refractivity contribution in [1.29, 1.82) is 0 Å². The molecule has 22 heavy (non-hydrogen) atoms.